The van der Waals surface area contributed by atoms with Gasteiger partial charge in [0, 0.05) is 21.9 Å². The summed E-state index contributed by atoms with van der Waals surface area (Å²) < 4.78 is 23.9. The van der Waals surface area contributed by atoms with E-state index in [1.165, 1.54) is 11.8 Å². The van der Waals surface area contributed by atoms with Crippen molar-refractivity contribution in [2.75, 3.05) is 16.4 Å². The number of anilines is 1. The summed E-state index contributed by atoms with van der Waals surface area (Å²) in [7, 11) is -3.05. The quantitative estimate of drug-likeness (QED) is 0.798. The number of amides is 1. The fourth-order valence-corrected chi connectivity index (χ4v) is 6.74. The molecule has 2 aliphatic heterocycles. The highest BCUT2D eigenvalue weighted by Crippen LogP contribution is 2.41. The first-order chi connectivity index (χ1) is 10.8. The summed E-state index contributed by atoms with van der Waals surface area (Å²) in [6, 6.07) is 6.96. The summed E-state index contributed by atoms with van der Waals surface area (Å²) in [6.07, 6.45) is 0. The molecule has 2 saturated heterocycles. The van der Waals surface area contributed by atoms with Crippen molar-refractivity contribution in [1.29, 1.82) is 0 Å². The van der Waals surface area contributed by atoms with Crippen LogP contribution in [0.2, 0.25) is 5.02 Å². The molecule has 3 rings (SSSR count). The van der Waals surface area contributed by atoms with Crippen molar-refractivity contribution in [3.63, 3.8) is 0 Å². The Morgan fingerprint density at radius 3 is 2.57 bits per heavy atom. The summed E-state index contributed by atoms with van der Waals surface area (Å²) in [5.74, 6) is -0.183. The van der Waals surface area contributed by atoms with Gasteiger partial charge in [0.25, 0.3) is 5.91 Å². The number of carbonyl (C=O) groups excluding carboxylic acids is 1. The van der Waals surface area contributed by atoms with Gasteiger partial charge < -0.3 is 4.90 Å². The Kier molecular flexibility index (Phi) is 4.46. The summed E-state index contributed by atoms with van der Waals surface area (Å²) in [5.41, 5.74) is 0.807. The van der Waals surface area contributed by atoms with Gasteiger partial charge in [0.05, 0.1) is 17.5 Å². The van der Waals surface area contributed by atoms with Crippen molar-refractivity contribution in [2.45, 2.75) is 25.1 Å². The van der Waals surface area contributed by atoms with Crippen LogP contribution in [0.15, 0.2) is 29.3 Å². The van der Waals surface area contributed by atoms with E-state index in [1.54, 1.807) is 26.0 Å². The van der Waals surface area contributed by atoms with Crippen LogP contribution in [-0.2, 0) is 14.6 Å². The van der Waals surface area contributed by atoms with Gasteiger partial charge in [-0.1, -0.05) is 37.2 Å². The van der Waals surface area contributed by atoms with Crippen LogP contribution in [0, 0.1) is 5.92 Å². The van der Waals surface area contributed by atoms with Crippen molar-refractivity contribution >= 4 is 50.0 Å². The van der Waals surface area contributed by atoms with Gasteiger partial charge in [-0.25, -0.2) is 8.42 Å². The van der Waals surface area contributed by atoms with Gasteiger partial charge in [-0.05, 0) is 24.3 Å². The molecule has 0 N–H and O–H groups in total. The van der Waals surface area contributed by atoms with Crippen molar-refractivity contribution in [1.82, 2.24) is 0 Å². The summed E-state index contributed by atoms with van der Waals surface area (Å²) in [5, 5.41) is 1.10. The largest absolute Gasteiger partial charge is 0.316 e. The molecule has 0 bridgehead atoms. The zero-order valence-corrected chi connectivity index (χ0v) is 15.2. The normalized spacial score (nSPS) is 27.7. The van der Waals surface area contributed by atoms with Gasteiger partial charge in [-0.15, -0.1) is 0 Å². The fourth-order valence-electron chi connectivity index (χ4n) is 2.69. The molecule has 2 aliphatic rings. The second-order valence-corrected chi connectivity index (χ2v) is 9.83. The number of thioether (sulfide) groups is 1. The molecule has 1 aromatic rings. The highest BCUT2D eigenvalue weighted by atomic mass is 35.5. The standard InChI is InChI=1S/C15H17ClN2O3S2/c1-9(2)14(19)17-15-18(11-5-3-10(16)4-6-11)12-7-23(20,21)8-13(12)22-15/h3-6,9,12-13H,7-8H2,1-2H3/t12-,13+/m1/s1. The number of carbonyl (C=O) groups is 1. The van der Waals surface area contributed by atoms with Crippen molar-refractivity contribution < 1.29 is 13.2 Å². The van der Waals surface area contributed by atoms with E-state index < -0.39 is 9.84 Å². The highest BCUT2D eigenvalue weighted by Gasteiger charge is 2.49. The molecular formula is C15H17ClN2O3S2. The monoisotopic (exact) mass is 372 g/mol. The maximum atomic E-state index is 12.0. The zero-order valence-electron chi connectivity index (χ0n) is 12.8. The number of rotatable bonds is 2. The van der Waals surface area contributed by atoms with E-state index in [4.69, 9.17) is 11.6 Å². The number of sulfone groups is 1. The third-order valence-electron chi connectivity index (χ3n) is 3.87. The smallest absolute Gasteiger partial charge is 0.250 e. The van der Waals surface area contributed by atoms with Crippen molar-refractivity contribution in [2.24, 2.45) is 10.9 Å². The number of hydrogen-bond donors (Lipinski definition) is 0. The minimum absolute atomic E-state index is 0.0855. The van der Waals surface area contributed by atoms with Crippen molar-refractivity contribution in [3.8, 4) is 0 Å². The van der Waals surface area contributed by atoms with Crippen LogP contribution < -0.4 is 4.90 Å². The first-order valence-electron chi connectivity index (χ1n) is 7.31. The topological polar surface area (TPSA) is 66.8 Å². The van der Waals surface area contributed by atoms with Crippen LogP contribution in [0.4, 0.5) is 5.69 Å². The fraction of sp³-hybridized carbons (Fsp3) is 0.467. The van der Waals surface area contributed by atoms with E-state index in [0.29, 0.717) is 10.2 Å². The molecule has 0 spiro atoms. The average Bonchev–Trinajstić information content (AvgIpc) is 2.91. The van der Waals surface area contributed by atoms with E-state index in [1.807, 2.05) is 17.0 Å². The van der Waals surface area contributed by atoms with E-state index >= 15 is 0 Å². The lowest BCUT2D eigenvalue weighted by molar-refractivity contribution is -0.120. The third-order valence-corrected chi connectivity index (χ3v) is 7.33. The van der Waals surface area contributed by atoms with Gasteiger partial charge in [-0.2, -0.15) is 4.99 Å². The molecule has 1 amide bonds. The molecule has 23 heavy (non-hydrogen) atoms. The van der Waals surface area contributed by atoms with Crippen LogP contribution in [0.5, 0.6) is 0 Å². The highest BCUT2D eigenvalue weighted by molar-refractivity contribution is 8.16. The second kappa shape index (κ2) is 6.11. The van der Waals surface area contributed by atoms with E-state index in [9.17, 15) is 13.2 Å². The zero-order chi connectivity index (χ0) is 16.8. The van der Waals surface area contributed by atoms with E-state index in [-0.39, 0.29) is 34.6 Å². The Hall–Kier alpha value is -1.05. The van der Waals surface area contributed by atoms with Gasteiger partial charge in [0.1, 0.15) is 0 Å². The minimum Gasteiger partial charge on any atom is -0.316 e. The third kappa shape index (κ3) is 3.41. The second-order valence-electron chi connectivity index (χ2n) is 6.03. The number of nitrogens with zero attached hydrogens (tertiary/aromatic N) is 2. The minimum atomic E-state index is -3.05. The predicted octanol–water partition coefficient (Wildman–Crippen LogP) is 2.60. The molecule has 8 heteroatoms. The molecule has 2 fully saturated rings. The lowest BCUT2D eigenvalue weighted by Gasteiger charge is -2.24. The number of benzene rings is 1. The SMILES string of the molecule is CC(C)C(=O)N=C1S[C@H]2CS(=O)(=O)C[C@H]2N1c1ccc(Cl)cc1. The molecular weight excluding hydrogens is 356 g/mol. The molecule has 0 aliphatic carbocycles. The molecule has 2 atom stereocenters. The van der Waals surface area contributed by atoms with Gasteiger partial charge in [-0.3, -0.25) is 4.79 Å². The Morgan fingerprint density at radius 1 is 1.30 bits per heavy atom. The van der Waals surface area contributed by atoms with Gasteiger partial charge >= 0.3 is 0 Å². The summed E-state index contributed by atoms with van der Waals surface area (Å²) in [4.78, 5) is 18.1. The molecule has 2 heterocycles. The molecule has 0 saturated carbocycles. The Balaban J connectivity index is 2.00. The van der Waals surface area contributed by atoms with Crippen LogP contribution in [-0.4, -0.2) is 42.3 Å². The molecule has 1 aromatic carbocycles. The first kappa shape index (κ1) is 16.8. The van der Waals surface area contributed by atoms with Gasteiger partial charge in [0.2, 0.25) is 0 Å². The van der Waals surface area contributed by atoms with E-state index in [2.05, 4.69) is 4.99 Å². The number of halogens is 1. The summed E-state index contributed by atoms with van der Waals surface area (Å²) >= 11 is 7.31. The van der Waals surface area contributed by atoms with Crippen LogP contribution >= 0.6 is 23.4 Å². The van der Waals surface area contributed by atoms with Crippen LogP contribution in [0.25, 0.3) is 0 Å². The lowest BCUT2D eigenvalue weighted by Crippen LogP contribution is -2.37. The Bertz CT molecular complexity index is 759. The number of aliphatic imine (C=N–C) groups is 1. The first-order valence-corrected chi connectivity index (χ1v) is 10.4. The number of amidine groups is 1. The van der Waals surface area contributed by atoms with Crippen LogP contribution in [0.3, 0.4) is 0 Å². The molecule has 5 nitrogen and oxygen atoms in total. The number of fused-ring (bicyclic) bond motifs is 1. The molecule has 0 unspecified atom stereocenters. The van der Waals surface area contributed by atoms with Crippen molar-refractivity contribution in [3.05, 3.63) is 29.3 Å². The molecule has 124 valence electrons. The maximum absolute atomic E-state index is 12.0. The average molecular weight is 373 g/mol. The van der Waals surface area contributed by atoms with Crippen LogP contribution in [0.1, 0.15) is 13.8 Å². The Morgan fingerprint density at radius 2 is 1.96 bits per heavy atom. The van der Waals surface area contributed by atoms with Gasteiger partial charge in [0.15, 0.2) is 15.0 Å². The Labute approximate surface area is 145 Å². The predicted molar refractivity (Wildman–Crippen MR) is 95.0 cm³/mol. The number of hydrogen-bond acceptors (Lipinski definition) is 4. The van der Waals surface area contributed by atoms with E-state index in [0.717, 1.165) is 5.69 Å². The molecule has 0 radical (unpaired) electrons. The lowest BCUT2D eigenvalue weighted by atomic mass is 10.2. The maximum Gasteiger partial charge on any atom is 0.250 e. The summed E-state index contributed by atoms with van der Waals surface area (Å²) in [6.45, 7) is 3.59. The molecule has 0 aromatic heterocycles.